The number of carbonyl (C=O) groups excluding carboxylic acids is 2. The van der Waals surface area contributed by atoms with E-state index in [1.165, 1.54) is 6.26 Å². The van der Waals surface area contributed by atoms with Crippen molar-refractivity contribution in [3.63, 3.8) is 0 Å². The molecule has 0 spiro atoms. The van der Waals surface area contributed by atoms with Crippen LogP contribution in [-0.2, 0) is 4.79 Å². The highest BCUT2D eigenvalue weighted by atomic mass is 16.3. The lowest BCUT2D eigenvalue weighted by Crippen LogP contribution is -2.47. The molecule has 0 saturated heterocycles. The van der Waals surface area contributed by atoms with Crippen LogP contribution in [-0.4, -0.2) is 17.9 Å². The number of hydrogen-bond donors (Lipinski definition) is 0. The van der Waals surface area contributed by atoms with Crippen LogP contribution in [0.25, 0.3) is 0 Å². The highest BCUT2D eigenvalue weighted by Gasteiger charge is 2.38. The first-order valence-corrected chi connectivity index (χ1v) is 9.38. The van der Waals surface area contributed by atoms with Crippen LogP contribution in [0.2, 0.25) is 0 Å². The Balaban J connectivity index is 1.85. The van der Waals surface area contributed by atoms with Gasteiger partial charge in [-0.2, -0.15) is 0 Å². The Bertz CT molecular complexity index is 982. The Morgan fingerprint density at radius 2 is 1.71 bits per heavy atom. The summed E-state index contributed by atoms with van der Waals surface area (Å²) in [6.07, 6.45) is 2.14. The Kier molecular flexibility index (Phi) is 4.74. The van der Waals surface area contributed by atoms with Gasteiger partial charge in [-0.3, -0.25) is 14.5 Å². The standard InChI is InChI=1S/C23H22N2O3/c1-16-15-21(19-11-6-7-12-20(19)24(16)17(2)26)25(18-9-4-3-5-10-18)23(27)22-13-8-14-28-22/h3-14,16,21H,15H2,1-2H3/t16-,21-/m1/s1. The molecule has 0 N–H and O–H groups in total. The summed E-state index contributed by atoms with van der Waals surface area (Å²) < 4.78 is 5.41. The van der Waals surface area contributed by atoms with E-state index in [1.807, 2.05) is 66.4 Å². The van der Waals surface area contributed by atoms with Gasteiger partial charge in [-0.05, 0) is 49.2 Å². The topological polar surface area (TPSA) is 53.8 Å². The summed E-state index contributed by atoms with van der Waals surface area (Å²) in [4.78, 5) is 29.3. The Hall–Kier alpha value is -3.34. The maximum Gasteiger partial charge on any atom is 0.294 e. The summed E-state index contributed by atoms with van der Waals surface area (Å²) in [5.74, 6) is 0.101. The number of hydrogen-bond acceptors (Lipinski definition) is 3. The highest BCUT2D eigenvalue weighted by Crippen LogP contribution is 2.42. The third-order valence-corrected chi connectivity index (χ3v) is 5.20. The van der Waals surface area contributed by atoms with Crippen molar-refractivity contribution in [3.05, 3.63) is 84.3 Å². The number of carbonyl (C=O) groups is 2. The number of amides is 2. The van der Waals surface area contributed by atoms with Gasteiger partial charge in [0.2, 0.25) is 5.91 Å². The van der Waals surface area contributed by atoms with Crippen LogP contribution >= 0.6 is 0 Å². The van der Waals surface area contributed by atoms with Crippen molar-refractivity contribution in [1.29, 1.82) is 0 Å². The van der Waals surface area contributed by atoms with E-state index in [0.717, 1.165) is 16.9 Å². The zero-order chi connectivity index (χ0) is 19.7. The van der Waals surface area contributed by atoms with Crippen molar-refractivity contribution in [2.24, 2.45) is 0 Å². The third-order valence-electron chi connectivity index (χ3n) is 5.20. The second-order valence-corrected chi connectivity index (χ2v) is 7.04. The Labute approximate surface area is 164 Å². The van der Waals surface area contributed by atoms with E-state index in [2.05, 4.69) is 0 Å². The first kappa shape index (κ1) is 18.0. The summed E-state index contributed by atoms with van der Waals surface area (Å²) in [5, 5.41) is 0. The van der Waals surface area contributed by atoms with Crippen LogP contribution in [0, 0.1) is 0 Å². The molecule has 5 heteroatoms. The highest BCUT2D eigenvalue weighted by molar-refractivity contribution is 6.05. The van der Waals surface area contributed by atoms with Gasteiger partial charge in [-0.1, -0.05) is 36.4 Å². The van der Waals surface area contributed by atoms with Gasteiger partial charge in [0.1, 0.15) is 0 Å². The van der Waals surface area contributed by atoms with Crippen LogP contribution in [0.5, 0.6) is 0 Å². The molecule has 142 valence electrons. The summed E-state index contributed by atoms with van der Waals surface area (Å²) in [6, 6.07) is 20.6. The third kappa shape index (κ3) is 3.09. The molecule has 2 atom stereocenters. The van der Waals surface area contributed by atoms with Crippen molar-refractivity contribution in [3.8, 4) is 0 Å². The van der Waals surface area contributed by atoms with E-state index in [1.54, 1.807) is 24.0 Å². The second-order valence-electron chi connectivity index (χ2n) is 7.04. The molecule has 3 aromatic rings. The zero-order valence-corrected chi connectivity index (χ0v) is 15.9. The number of fused-ring (bicyclic) bond motifs is 1. The van der Waals surface area contributed by atoms with Crippen molar-refractivity contribution < 1.29 is 14.0 Å². The van der Waals surface area contributed by atoms with E-state index in [9.17, 15) is 9.59 Å². The molecule has 2 amide bonds. The van der Waals surface area contributed by atoms with Gasteiger partial charge in [0, 0.05) is 24.3 Å². The molecule has 2 aromatic carbocycles. The van der Waals surface area contributed by atoms with Crippen LogP contribution < -0.4 is 9.80 Å². The molecule has 1 aromatic heterocycles. The van der Waals surface area contributed by atoms with Gasteiger partial charge in [-0.15, -0.1) is 0 Å². The normalized spacial score (nSPS) is 18.4. The number of furan rings is 1. The smallest absolute Gasteiger partial charge is 0.294 e. The van der Waals surface area contributed by atoms with Gasteiger partial charge in [0.15, 0.2) is 5.76 Å². The molecule has 5 nitrogen and oxygen atoms in total. The second kappa shape index (κ2) is 7.35. The molecule has 0 saturated carbocycles. The molecule has 0 bridgehead atoms. The molecule has 28 heavy (non-hydrogen) atoms. The molecule has 0 aliphatic carbocycles. The lowest BCUT2D eigenvalue weighted by Gasteiger charge is -2.43. The van der Waals surface area contributed by atoms with Crippen molar-refractivity contribution in [2.75, 3.05) is 9.80 Å². The number of nitrogens with zero attached hydrogens (tertiary/aromatic N) is 2. The molecule has 0 unspecified atom stereocenters. The minimum Gasteiger partial charge on any atom is -0.459 e. The maximum absolute atomic E-state index is 13.4. The van der Waals surface area contributed by atoms with E-state index < -0.39 is 0 Å². The summed E-state index contributed by atoms with van der Waals surface area (Å²) in [7, 11) is 0. The molecule has 1 aliphatic rings. The van der Waals surface area contributed by atoms with Crippen molar-refractivity contribution in [1.82, 2.24) is 0 Å². The van der Waals surface area contributed by atoms with E-state index >= 15 is 0 Å². The fraction of sp³-hybridized carbons (Fsp3) is 0.217. The summed E-state index contributed by atoms with van der Waals surface area (Å²) >= 11 is 0. The SMILES string of the molecule is CC(=O)N1c2ccccc2[C@H](N(C(=O)c2ccco2)c2ccccc2)C[C@H]1C. The zero-order valence-electron chi connectivity index (χ0n) is 15.9. The number of rotatable bonds is 3. The van der Waals surface area contributed by atoms with Crippen LogP contribution in [0.4, 0.5) is 11.4 Å². The minimum absolute atomic E-state index is 0.00187. The Morgan fingerprint density at radius 3 is 2.39 bits per heavy atom. The van der Waals surface area contributed by atoms with E-state index in [0.29, 0.717) is 12.2 Å². The predicted molar refractivity (Wildman–Crippen MR) is 108 cm³/mol. The van der Waals surface area contributed by atoms with Gasteiger partial charge in [-0.25, -0.2) is 0 Å². The number of anilines is 2. The van der Waals surface area contributed by atoms with E-state index in [4.69, 9.17) is 4.42 Å². The predicted octanol–water partition coefficient (Wildman–Crippen LogP) is 4.81. The molecular formula is C23H22N2O3. The van der Waals surface area contributed by atoms with Crippen molar-refractivity contribution in [2.45, 2.75) is 32.4 Å². The molecule has 0 radical (unpaired) electrons. The maximum atomic E-state index is 13.4. The fourth-order valence-electron chi connectivity index (χ4n) is 4.05. The average molecular weight is 374 g/mol. The quantitative estimate of drug-likeness (QED) is 0.661. The fourth-order valence-corrected chi connectivity index (χ4v) is 4.05. The molecule has 2 heterocycles. The monoisotopic (exact) mass is 374 g/mol. The number of benzene rings is 2. The van der Waals surface area contributed by atoms with Crippen molar-refractivity contribution >= 4 is 23.2 Å². The van der Waals surface area contributed by atoms with E-state index in [-0.39, 0.29) is 23.9 Å². The average Bonchev–Trinajstić information content (AvgIpc) is 3.23. The van der Waals surface area contributed by atoms with Gasteiger partial charge in [0.25, 0.3) is 5.91 Å². The van der Waals surface area contributed by atoms with Gasteiger partial charge < -0.3 is 9.32 Å². The minimum atomic E-state index is -0.207. The summed E-state index contributed by atoms with van der Waals surface area (Å²) in [5.41, 5.74) is 2.61. The lowest BCUT2D eigenvalue weighted by atomic mass is 9.89. The summed E-state index contributed by atoms with van der Waals surface area (Å²) in [6.45, 7) is 3.60. The van der Waals surface area contributed by atoms with Gasteiger partial charge >= 0.3 is 0 Å². The first-order chi connectivity index (χ1) is 13.6. The van der Waals surface area contributed by atoms with Gasteiger partial charge in [0.05, 0.1) is 12.3 Å². The van der Waals surface area contributed by atoms with Crippen LogP contribution in [0.15, 0.2) is 77.4 Å². The van der Waals surface area contributed by atoms with Crippen LogP contribution in [0.1, 0.15) is 42.4 Å². The molecule has 4 rings (SSSR count). The van der Waals surface area contributed by atoms with Crippen LogP contribution in [0.3, 0.4) is 0 Å². The number of para-hydroxylation sites is 2. The molecule has 1 aliphatic heterocycles. The first-order valence-electron chi connectivity index (χ1n) is 9.38. The Morgan fingerprint density at radius 1 is 1.00 bits per heavy atom. The molecular weight excluding hydrogens is 352 g/mol. The largest absolute Gasteiger partial charge is 0.459 e. The lowest BCUT2D eigenvalue weighted by molar-refractivity contribution is -0.117. The molecule has 0 fully saturated rings.